The van der Waals surface area contributed by atoms with Gasteiger partial charge < -0.3 is 14.2 Å². The second-order valence-corrected chi connectivity index (χ2v) is 7.46. The summed E-state index contributed by atoms with van der Waals surface area (Å²) in [4.78, 5) is 29.4. The third kappa shape index (κ3) is 4.54. The van der Waals surface area contributed by atoms with Gasteiger partial charge in [0.1, 0.15) is 0 Å². The van der Waals surface area contributed by atoms with Crippen molar-refractivity contribution in [2.45, 2.75) is 20.3 Å². The molecule has 1 aliphatic heterocycles. The smallest absolute Gasteiger partial charge is 0.359 e. The molecule has 1 aliphatic rings. The van der Waals surface area contributed by atoms with Crippen LogP contribution in [0.3, 0.4) is 0 Å². The number of ether oxygens (including phenoxy) is 3. The van der Waals surface area contributed by atoms with E-state index in [0.717, 1.165) is 17.8 Å². The van der Waals surface area contributed by atoms with Crippen molar-refractivity contribution < 1.29 is 23.8 Å². The minimum Gasteiger partial charge on any atom is -0.490 e. The molecule has 0 unspecified atom stereocenters. The Morgan fingerprint density at radius 2 is 1.87 bits per heavy atom. The summed E-state index contributed by atoms with van der Waals surface area (Å²) < 4.78 is 17.9. The molecule has 3 aromatic rings. The van der Waals surface area contributed by atoms with Crippen molar-refractivity contribution in [3.8, 4) is 17.3 Å². The second kappa shape index (κ2) is 8.77. The van der Waals surface area contributed by atoms with Crippen LogP contribution in [0, 0.1) is 13.8 Å². The van der Waals surface area contributed by atoms with Crippen molar-refractivity contribution in [2.24, 2.45) is 0 Å². The predicted octanol–water partition coefficient (Wildman–Crippen LogP) is 3.74. The summed E-state index contributed by atoms with van der Waals surface area (Å²) >= 11 is 6.14. The number of Topliss-reactive ketones (excluding diaryl/α,β-unsaturated/α-hetero) is 1. The van der Waals surface area contributed by atoms with Gasteiger partial charge in [0.15, 0.2) is 35.4 Å². The highest BCUT2D eigenvalue weighted by atomic mass is 35.5. The number of rotatable bonds is 5. The molecule has 1 aromatic carbocycles. The van der Waals surface area contributed by atoms with E-state index in [9.17, 15) is 9.59 Å². The van der Waals surface area contributed by atoms with Gasteiger partial charge in [0.25, 0.3) is 0 Å². The van der Waals surface area contributed by atoms with Crippen molar-refractivity contribution in [1.29, 1.82) is 0 Å². The summed E-state index contributed by atoms with van der Waals surface area (Å²) in [5, 5.41) is 4.47. The summed E-state index contributed by atoms with van der Waals surface area (Å²) in [5.41, 5.74) is 1.95. The molecule has 31 heavy (non-hydrogen) atoms. The zero-order chi connectivity index (χ0) is 22.0. The molecular weight excluding hydrogens is 422 g/mol. The van der Waals surface area contributed by atoms with Gasteiger partial charge in [0.2, 0.25) is 0 Å². The van der Waals surface area contributed by atoms with Crippen LogP contribution in [0.1, 0.15) is 38.7 Å². The Kier molecular flexibility index (Phi) is 5.90. The van der Waals surface area contributed by atoms with Crippen molar-refractivity contribution in [2.75, 3.05) is 19.8 Å². The number of halogens is 1. The molecule has 2 aromatic heterocycles. The monoisotopic (exact) mass is 441 g/mol. The van der Waals surface area contributed by atoms with Gasteiger partial charge in [-0.2, -0.15) is 5.10 Å². The van der Waals surface area contributed by atoms with Gasteiger partial charge in [-0.15, -0.1) is 0 Å². The molecule has 0 fully saturated rings. The molecule has 0 N–H and O–H groups in total. The number of aromatic nitrogens is 3. The van der Waals surface area contributed by atoms with Gasteiger partial charge in [-0.05, 0) is 50.2 Å². The fourth-order valence-corrected chi connectivity index (χ4v) is 3.36. The number of carbonyl (C=O) groups excluding carboxylic acids is 2. The van der Waals surface area contributed by atoms with Crippen LogP contribution in [-0.4, -0.2) is 46.3 Å². The SMILES string of the molecule is Cc1cc(C)n(-c2ccc(Cl)c(C(=O)OCC(=O)c3ccc4c(c3)OCCCO4)n2)n1. The first kappa shape index (κ1) is 20.9. The van der Waals surface area contributed by atoms with Gasteiger partial charge in [0.05, 0.1) is 23.9 Å². The minimum atomic E-state index is -0.795. The van der Waals surface area contributed by atoms with Crippen molar-refractivity contribution in [1.82, 2.24) is 14.8 Å². The molecular formula is C22H20ClN3O5. The number of hydrogen-bond donors (Lipinski definition) is 0. The van der Waals surface area contributed by atoms with Crippen LogP contribution < -0.4 is 9.47 Å². The molecule has 0 amide bonds. The zero-order valence-corrected chi connectivity index (χ0v) is 17.8. The van der Waals surface area contributed by atoms with E-state index < -0.39 is 12.6 Å². The number of ketones is 1. The topological polar surface area (TPSA) is 92.5 Å². The average molecular weight is 442 g/mol. The highest BCUT2D eigenvalue weighted by molar-refractivity contribution is 6.33. The first-order valence-electron chi connectivity index (χ1n) is 9.72. The van der Waals surface area contributed by atoms with E-state index in [1.54, 1.807) is 35.0 Å². The number of hydrogen-bond acceptors (Lipinski definition) is 7. The molecule has 0 atom stereocenters. The molecule has 4 rings (SSSR count). The fourth-order valence-electron chi connectivity index (χ4n) is 3.17. The Hall–Kier alpha value is -3.39. The Balaban J connectivity index is 1.47. The van der Waals surface area contributed by atoms with E-state index in [2.05, 4.69) is 10.1 Å². The van der Waals surface area contributed by atoms with Crippen LogP contribution in [0.15, 0.2) is 36.4 Å². The normalized spacial score (nSPS) is 12.9. The van der Waals surface area contributed by atoms with Crippen molar-refractivity contribution in [3.63, 3.8) is 0 Å². The third-order valence-corrected chi connectivity index (χ3v) is 4.96. The average Bonchev–Trinajstić information content (AvgIpc) is 2.95. The lowest BCUT2D eigenvalue weighted by molar-refractivity contribution is 0.0469. The summed E-state index contributed by atoms with van der Waals surface area (Å²) in [6.07, 6.45) is 0.764. The maximum atomic E-state index is 12.6. The Bertz CT molecular complexity index is 1160. The van der Waals surface area contributed by atoms with Gasteiger partial charge in [0, 0.05) is 17.7 Å². The molecule has 9 heteroatoms. The van der Waals surface area contributed by atoms with Crippen LogP contribution in [0.5, 0.6) is 11.5 Å². The highest BCUT2D eigenvalue weighted by Crippen LogP contribution is 2.30. The highest BCUT2D eigenvalue weighted by Gasteiger charge is 2.20. The number of aryl methyl sites for hydroxylation is 2. The molecule has 0 bridgehead atoms. The van der Waals surface area contributed by atoms with E-state index >= 15 is 0 Å². The first-order chi connectivity index (χ1) is 14.9. The third-order valence-electron chi connectivity index (χ3n) is 4.66. The summed E-state index contributed by atoms with van der Waals surface area (Å²) in [5.74, 6) is 0.335. The number of nitrogens with zero attached hydrogens (tertiary/aromatic N) is 3. The Morgan fingerprint density at radius 1 is 1.10 bits per heavy atom. The van der Waals surface area contributed by atoms with Gasteiger partial charge >= 0.3 is 5.97 Å². The quantitative estimate of drug-likeness (QED) is 0.440. The molecule has 0 saturated carbocycles. The van der Waals surface area contributed by atoms with Crippen LogP contribution in [0.4, 0.5) is 0 Å². The van der Waals surface area contributed by atoms with Gasteiger partial charge in [-0.3, -0.25) is 4.79 Å². The lowest BCUT2D eigenvalue weighted by Gasteiger charge is -2.10. The predicted molar refractivity (Wildman–Crippen MR) is 113 cm³/mol. The molecule has 8 nitrogen and oxygen atoms in total. The molecule has 0 saturated heterocycles. The second-order valence-electron chi connectivity index (χ2n) is 7.05. The number of benzene rings is 1. The molecule has 3 heterocycles. The molecule has 0 spiro atoms. The maximum absolute atomic E-state index is 12.6. The van der Waals surface area contributed by atoms with Gasteiger partial charge in [-0.1, -0.05) is 11.6 Å². The van der Waals surface area contributed by atoms with Crippen molar-refractivity contribution in [3.05, 3.63) is 64.1 Å². The number of esters is 1. The Morgan fingerprint density at radius 3 is 2.61 bits per heavy atom. The number of pyridine rings is 1. The van der Waals surface area contributed by atoms with E-state index in [-0.39, 0.29) is 16.5 Å². The van der Waals surface area contributed by atoms with Crippen LogP contribution in [-0.2, 0) is 4.74 Å². The number of carbonyl (C=O) groups is 2. The van der Waals surface area contributed by atoms with Gasteiger partial charge in [-0.25, -0.2) is 14.5 Å². The Labute approximate surface area is 183 Å². The van der Waals surface area contributed by atoms with Crippen LogP contribution >= 0.6 is 11.6 Å². The lowest BCUT2D eigenvalue weighted by atomic mass is 10.1. The summed E-state index contributed by atoms with van der Waals surface area (Å²) in [7, 11) is 0. The van der Waals surface area contributed by atoms with E-state index in [0.29, 0.717) is 36.1 Å². The van der Waals surface area contributed by atoms with Crippen LogP contribution in [0.2, 0.25) is 5.02 Å². The fraction of sp³-hybridized carbons (Fsp3) is 0.273. The standard InChI is InChI=1S/C22H20ClN3O5/c1-13-10-14(2)26(25-13)20-7-5-16(23)21(24-20)22(28)31-12-17(27)15-4-6-18-19(11-15)30-9-3-8-29-18/h4-7,10-11H,3,8-9,12H2,1-2H3. The van der Waals surface area contributed by atoms with E-state index in [4.69, 9.17) is 25.8 Å². The summed E-state index contributed by atoms with van der Waals surface area (Å²) in [6, 6.07) is 9.96. The van der Waals surface area contributed by atoms with E-state index in [1.165, 1.54) is 0 Å². The lowest BCUT2D eigenvalue weighted by Crippen LogP contribution is -2.16. The molecule has 160 valence electrons. The number of fused-ring (bicyclic) bond motifs is 1. The molecule has 0 radical (unpaired) electrons. The minimum absolute atomic E-state index is 0.0850. The maximum Gasteiger partial charge on any atom is 0.359 e. The van der Waals surface area contributed by atoms with Crippen molar-refractivity contribution >= 4 is 23.4 Å². The van der Waals surface area contributed by atoms with Crippen LogP contribution in [0.25, 0.3) is 5.82 Å². The molecule has 0 aliphatic carbocycles. The first-order valence-corrected chi connectivity index (χ1v) is 10.1. The zero-order valence-electron chi connectivity index (χ0n) is 17.1. The van der Waals surface area contributed by atoms with E-state index in [1.807, 2.05) is 19.9 Å². The summed E-state index contributed by atoms with van der Waals surface area (Å²) in [6.45, 7) is 4.35. The largest absolute Gasteiger partial charge is 0.490 e.